The van der Waals surface area contributed by atoms with Gasteiger partial charge in [0.15, 0.2) is 6.23 Å². The van der Waals surface area contributed by atoms with Gasteiger partial charge in [0.05, 0.1) is 5.71 Å². The van der Waals surface area contributed by atoms with Crippen molar-refractivity contribution in [2.45, 2.75) is 12.6 Å². The first kappa shape index (κ1) is 26.1. The standard InChI is InChI=1S/C27H25BrFN5O3/c28-19-5-11-21(12-6-19)32-15-23(25(30)18-3-7-20(29)8-4-18)26-34(24(35)16-37-26)14-13-17-1-9-22(10-2-17)33-27(31)36/h1-12,15,26,30,32H,13-14,16H2,(H3,31,33,36)/b23-15+,30-25?. The molecule has 0 radical (unpaired) electrons. The van der Waals surface area contributed by atoms with E-state index in [9.17, 15) is 14.0 Å². The summed E-state index contributed by atoms with van der Waals surface area (Å²) in [5, 5.41) is 14.5. The number of hydrogen-bond donors (Lipinski definition) is 4. The molecule has 1 saturated heterocycles. The molecule has 1 aliphatic heterocycles. The van der Waals surface area contributed by atoms with Crippen molar-refractivity contribution in [3.63, 3.8) is 0 Å². The average Bonchev–Trinajstić information content (AvgIpc) is 3.24. The molecule has 3 amide bonds. The number of carbonyl (C=O) groups excluding carboxylic acids is 2. The van der Waals surface area contributed by atoms with Crippen LogP contribution in [0.5, 0.6) is 0 Å². The van der Waals surface area contributed by atoms with Gasteiger partial charge in [0, 0.05) is 39.7 Å². The number of carbonyl (C=O) groups is 2. The van der Waals surface area contributed by atoms with Crippen LogP contribution in [0.25, 0.3) is 0 Å². The van der Waals surface area contributed by atoms with Crippen LogP contribution in [0.1, 0.15) is 11.1 Å². The number of anilines is 2. The van der Waals surface area contributed by atoms with E-state index in [0.29, 0.717) is 29.8 Å². The van der Waals surface area contributed by atoms with Crippen LogP contribution in [-0.4, -0.2) is 41.9 Å². The summed E-state index contributed by atoms with van der Waals surface area (Å²) in [5.41, 5.74) is 8.49. The van der Waals surface area contributed by atoms with E-state index < -0.39 is 18.1 Å². The van der Waals surface area contributed by atoms with Gasteiger partial charge in [-0.05, 0) is 72.6 Å². The van der Waals surface area contributed by atoms with Crippen LogP contribution in [-0.2, 0) is 16.0 Å². The second-order valence-corrected chi connectivity index (χ2v) is 9.24. The topological polar surface area (TPSA) is 121 Å². The van der Waals surface area contributed by atoms with E-state index in [4.69, 9.17) is 15.9 Å². The lowest BCUT2D eigenvalue weighted by Gasteiger charge is -2.26. The van der Waals surface area contributed by atoms with Gasteiger partial charge in [-0.2, -0.15) is 0 Å². The van der Waals surface area contributed by atoms with Gasteiger partial charge in [-0.3, -0.25) is 10.2 Å². The van der Waals surface area contributed by atoms with Crippen molar-refractivity contribution in [3.05, 3.63) is 106 Å². The van der Waals surface area contributed by atoms with Gasteiger partial charge in [0.1, 0.15) is 12.4 Å². The van der Waals surface area contributed by atoms with E-state index in [-0.39, 0.29) is 18.2 Å². The van der Waals surface area contributed by atoms with Gasteiger partial charge in [0.2, 0.25) is 0 Å². The highest BCUT2D eigenvalue weighted by Crippen LogP contribution is 2.25. The predicted octanol–water partition coefficient (Wildman–Crippen LogP) is 4.87. The van der Waals surface area contributed by atoms with Gasteiger partial charge in [-0.25, -0.2) is 9.18 Å². The third-order valence-corrected chi connectivity index (χ3v) is 6.29. The molecule has 37 heavy (non-hydrogen) atoms. The summed E-state index contributed by atoms with van der Waals surface area (Å²) in [7, 11) is 0. The van der Waals surface area contributed by atoms with Crippen molar-refractivity contribution in [2.24, 2.45) is 5.73 Å². The second-order valence-electron chi connectivity index (χ2n) is 8.32. The number of halogens is 2. The van der Waals surface area contributed by atoms with Crippen molar-refractivity contribution >= 4 is 45.0 Å². The van der Waals surface area contributed by atoms with Gasteiger partial charge in [0.25, 0.3) is 5.91 Å². The first-order chi connectivity index (χ1) is 17.8. The Kier molecular flexibility index (Phi) is 8.32. The number of urea groups is 1. The molecule has 0 aromatic heterocycles. The molecule has 8 nitrogen and oxygen atoms in total. The normalized spacial score (nSPS) is 15.5. The average molecular weight is 566 g/mol. The fourth-order valence-electron chi connectivity index (χ4n) is 3.86. The van der Waals surface area contributed by atoms with Crippen LogP contribution >= 0.6 is 15.9 Å². The highest BCUT2D eigenvalue weighted by Gasteiger charge is 2.36. The maximum atomic E-state index is 13.5. The number of nitrogens with two attached hydrogens (primary N) is 1. The molecule has 0 aliphatic carbocycles. The minimum Gasteiger partial charge on any atom is -0.361 e. The van der Waals surface area contributed by atoms with E-state index in [0.717, 1.165) is 15.7 Å². The molecule has 0 saturated carbocycles. The zero-order valence-electron chi connectivity index (χ0n) is 19.7. The van der Waals surface area contributed by atoms with E-state index in [1.54, 1.807) is 23.2 Å². The van der Waals surface area contributed by atoms with Crippen LogP contribution in [0.15, 0.2) is 89.0 Å². The zero-order chi connectivity index (χ0) is 26.4. The molecule has 190 valence electrons. The quantitative estimate of drug-likeness (QED) is 0.276. The van der Waals surface area contributed by atoms with E-state index in [2.05, 4.69) is 26.6 Å². The summed E-state index contributed by atoms with van der Waals surface area (Å²) >= 11 is 3.41. The third kappa shape index (κ3) is 6.81. The Morgan fingerprint density at radius 1 is 1.08 bits per heavy atom. The SMILES string of the molecule is N=C(/C(=C\Nc1ccc(Br)cc1)C1OCC(=O)N1CCc1ccc(NC(N)=O)cc1)c1ccc(F)cc1. The van der Waals surface area contributed by atoms with Gasteiger partial charge >= 0.3 is 6.03 Å². The van der Waals surface area contributed by atoms with Crippen LogP contribution < -0.4 is 16.4 Å². The lowest BCUT2D eigenvalue weighted by molar-refractivity contribution is -0.127. The molecular weight excluding hydrogens is 541 g/mol. The highest BCUT2D eigenvalue weighted by molar-refractivity contribution is 9.10. The number of hydrogen-bond acceptors (Lipinski definition) is 5. The highest BCUT2D eigenvalue weighted by atomic mass is 79.9. The van der Waals surface area contributed by atoms with Crippen LogP contribution in [0.3, 0.4) is 0 Å². The molecule has 1 atom stereocenters. The first-order valence-electron chi connectivity index (χ1n) is 11.4. The minimum atomic E-state index is -0.802. The van der Waals surface area contributed by atoms with Crippen LogP contribution in [0, 0.1) is 11.2 Å². The Labute approximate surface area is 221 Å². The largest absolute Gasteiger partial charge is 0.361 e. The summed E-state index contributed by atoms with van der Waals surface area (Å²) < 4.78 is 20.3. The molecule has 1 aliphatic rings. The van der Waals surface area contributed by atoms with E-state index >= 15 is 0 Å². The number of nitrogens with zero attached hydrogens (tertiary/aromatic N) is 1. The van der Waals surface area contributed by atoms with Crippen LogP contribution in [0.2, 0.25) is 0 Å². The Hall–Kier alpha value is -4.02. The molecule has 0 bridgehead atoms. The molecule has 3 aromatic rings. The molecule has 1 heterocycles. The molecule has 5 N–H and O–H groups in total. The molecular formula is C27H25BrFN5O3. The number of nitrogens with one attached hydrogen (secondary N) is 3. The van der Waals surface area contributed by atoms with Crippen molar-refractivity contribution in [1.82, 2.24) is 4.90 Å². The van der Waals surface area contributed by atoms with Gasteiger partial charge in [-0.15, -0.1) is 0 Å². The summed E-state index contributed by atoms with van der Waals surface area (Å²) in [6.45, 7) is 0.233. The third-order valence-electron chi connectivity index (χ3n) is 5.76. The van der Waals surface area contributed by atoms with E-state index in [1.165, 1.54) is 24.3 Å². The number of benzene rings is 3. The summed E-state index contributed by atoms with van der Waals surface area (Å²) in [6.07, 6.45) is 1.37. The summed E-state index contributed by atoms with van der Waals surface area (Å²) in [4.78, 5) is 25.4. The van der Waals surface area contributed by atoms with Gasteiger partial charge < -0.3 is 26.0 Å². The molecule has 1 unspecified atom stereocenters. The Morgan fingerprint density at radius 2 is 1.73 bits per heavy atom. The minimum absolute atomic E-state index is 0.108. The number of ether oxygens (including phenoxy) is 1. The molecule has 1 fully saturated rings. The predicted molar refractivity (Wildman–Crippen MR) is 144 cm³/mol. The maximum Gasteiger partial charge on any atom is 0.316 e. The Balaban J connectivity index is 1.56. The second kappa shape index (κ2) is 11.8. The van der Waals surface area contributed by atoms with Crippen molar-refractivity contribution < 1.29 is 18.7 Å². The van der Waals surface area contributed by atoms with Crippen molar-refractivity contribution in [2.75, 3.05) is 23.8 Å². The summed E-state index contributed by atoms with van der Waals surface area (Å²) in [6, 6.07) is 19.6. The lowest BCUT2D eigenvalue weighted by Crippen LogP contribution is -2.39. The molecule has 3 aromatic carbocycles. The smallest absolute Gasteiger partial charge is 0.316 e. The first-order valence-corrected chi connectivity index (χ1v) is 12.2. The van der Waals surface area contributed by atoms with Crippen molar-refractivity contribution in [1.29, 1.82) is 5.41 Å². The lowest BCUT2D eigenvalue weighted by atomic mass is 10.0. The Morgan fingerprint density at radius 3 is 2.38 bits per heavy atom. The monoisotopic (exact) mass is 565 g/mol. The van der Waals surface area contributed by atoms with Gasteiger partial charge in [-0.1, -0.05) is 28.1 Å². The van der Waals surface area contributed by atoms with Crippen LogP contribution in [0.4, 0.5) is 20.6 Å². The zero-order valence-corrected chi connectivity index (χ0v) is 21.3. The fourth-order valence-corrected chi connectivity index (χ4v) is 4.12. The van der Waals surface area contributed by atoms with E-state index in [1.807, 2.05) is 36.4 Å². The molecule has 10 heteroatoms. The summed E-state index contributed by atoms with van der Waals surface area (Å²) in [5.74, 6) is -0.598. The van der Waals surface area contributed by atoms with Crippen molar-refractivity contribution in [3.8, 4) is 0 Å². The number of rotatable bonds is 9. The number of amides is 3. The molecule has 4 rings (SSSR count). The maximum absolute atomic E-state index is 13.5. The fraction of sp³-hybridized carbons (Fsp3) is 0.148. The molecule has 0 spiro atoms. The Bertz CT molecular complexity index is 1310. The number of primary amides is 1.